The van der Waals surface area contributed by atoms with Crippen LogP contribution in [0.1, 0.15) is 128 Å². The third kappa shape index (κ3) is 6.27. The maximum absolute atomic E-state index is 15.1. The van der Waals surface area contributed by atoms with Gasteiger partial charge in [-0.05, 0) is 104 Å². The molecule has 0 saturated carbocycles. The van der Waals surface area contributed by atoms with Crippen LogP contribution in [0.5, 0.6) is 0 Å². The smallest absolute Gasteiger partial charge is 0.411 e. The summed E-state index contributed by atoms with van der Waals surface area (Å²) >= 11 is 0. The lowest BCUT2D eigenvalue weighted by atomic mass is 9.60. The fourth-order valence-corrected chi connectivity index (χ4v) is 13.1. The Morgan fingerprint density at radius 1 is 0.631 bits per heavy atom. The van der Waals surface area contributed by atoms with Gasteiger partial charge >= 0.3 is 12.2 Å². The van der Waals surface area contributed by atoms with Crippen molar-refractivity contribution in [2.45, 2.75) is 109 Å². The summed E-state index contributed by atoms with van der Waals surface area (Å²) in [7, 11) is 0. The average Bonchev–Trinajstić information content (AvgIpc) is 3.88. The molecule has 0 spiro atoms. The number of nitrogens with two attached hydrogens (primary N) is 2. The number of likely N-dealkylation sites (tertiary alicyclic amines) is 2. The zero-order valence-electron chi connectivity index (χ0n) is 37.6. The van der Waals surface area contributed by atoms with Crippen molar-refractivity contribution in [2.75, 3.05) is 13.1 Å². The zero-order chi connectivity index (χ0) is 47.3. The number of imide groups is 2. The van der Waals surface area contributed by atoms with Crippen LogP contribution in [0.15, 0.2) is 66.7 Å². The van der Waals surface area contributed by atoms with Crippen LogP contribution < -0.4 is 22.1 Å². The molecule has 4 aromatic rings. The van der Waals surface area contributed by atoms with Crippen LogP contribution in [-0.4, -0.2) is 73.5 Å². The quantitative estimate of drug-likeness (QED) is 0.108. The molecule has 0 radical (unpaired) electrons. The Hall–Kier alpha value is -6.39. The Kier molecular flexibility index (Phi) is 10.9. The number of hydrogen-bond donors (Lipinski definition) is 6. The van der Waals surface area contributed by atoms with Gasteiger partial charge in [0.25, 0.3) is 11.8 Å². The number of carbonyl (C=O) groups excluding carboxylic acids is 4. The summed E-state index contributed by atoms with van der Waals surface area (Å²) in [4.78, 5) is 86.2. The molecule has 3 heterocycles. The van der Waals surface area contributed by atoms with E-state index in [-0.39, 0.29) is 0 Å². The minimum atomic E-state index is -1.79. The molecule has 4 unspecified atom stereocenters. The molecule has 4 aliphatic carbocycles. The summed E-state index contributed by atoms with van der Waals surface area (Å²) in [6.07, 6.45) is -1.02. The number of carbonyl (C=O) groups is 6. The first-order valence-electron chi connectivity index (χ1n) is 22.0. The third-order valence-corrected chi connectivity index (χ3v) is 15.5. The summed E-state index contributed by atoms with van der Waals surface area (Å²) in [5.74, 6) is -5.53. The Morgan fingerprint density at radius 3 is 1.35 bits per heavy atom. The van der Waals surface area contributed by atoms with E-state index in [4.69, 9.17) is 11.5 Å². The molecular weight excluding hydrogens is 834 g/mol. The van der Waals surface area contributed by atoms with Gasteiger partial charge in [0.15, 0.2) is 0 Å². The maximum atomic E-state index is 15.1. The number of amides is 6. The molecule has 65 heavy (non-hydrogen) atoms. The van der Waals surface area contributed by atoms with Gasteiger partial charge in [0, 0.05) is 41.0 Å². The van der Waals surface area contributed by atoms with E-state index in [1.807, 2.05) is 23.6 Å². The minimum absolute atomic E-state index is 0.307. The fourth-order valence-electron chi connectivity index (χ4n) is 13.1. The van der Waals surface area contributed by atoms with Crippen LogP contribution in [-0.2, 0) is 30.3 Å². The number of primary amides is 2. The van der Waals surface area contributed by atoms with Crippen molar-refractivity contribution in [1.82, 2.24) is 25.0 Å². The van der Waals surface area contributed by atoms with E-state index in [2.05, 4.69) is 15.2 Å². The number of benzene rings is 3. The van der Waals surface area contributed by atoms with Crippen molar-refractivity contribution in [3.63, 3.8) is 0 Å². The molecule has 6 atom stereocenters. The molecule has 2 fully saturated rings. The van der Waals surface area contributed by atoms with Gasteiger partial charge in [0.1, 0.15) is 16.9 Å². The third-order valence-electron chi connectivity index (χ3n) is 15.5. The first kappa shape index (κ1) is 45.2. The highest BCUT2D eigenvalue weighted by Gasteiger charge is 2.66. The first-order chi connectivity index (χ1) is 30.6. The van der Waals surface area contributed by atoms with Crippen LogP contribution in [0.25, 0.3) is 5.69 Å². The van der Waals surface area contributed by atoms with Crippen molar-refractivity contribution >= 4 is 35.8 Å². The zero-order valence-corrected chi connectivity index (χ0v) is 37.6. The number of nitrogens with one attached hydrogen (secondary N) is 2. The second-order valence-corrected chi connectivity index (χ2v) is 19.3. The fraction of sp³-hybridized carbons (Fsp3) is 0.429. The Labute approximate surface area is 376 Å². The topological polar surface area (TPSA) is 230 Å². The highest BCUT2D eigenvalue weighted by atomic mass is 19.1. The molecular formula is C49H56FN7O8. The van der Waals surface area contributed by atoms with Crippen LogP contribution in [0.2, 0.25) is 0 Å². The van der Waals surface area contributed by atoms with E-state index in [1.165, 1.54) is 12.1 Å². The number of hydrogen-bond acceptors (Lipinski definition) is 8. The van der Waals surface area contributed by atoms with Crippen LogP contribution >= 0.6 is 0 Å². The van der Waals surface area contributed by atoms with Crippen molar-refractivity contribution < 1.29 is 43.4 Å². The van der Waals surface area contributed by atoms with Gasteiger partial charge in [-0.3, -0.25) is 39.6 Å². The van der Waals surface area contributed by atoms with Crippen molar-refractivity contribution in [3.05, 3.63) is 123 Å². The van der Waals surface area contributed by atoms with Gasteiger partial charge in [0.05, 0.1) is 23.9 Å². The van der Waals surface area contributed by atoms with E-state index in [0.29, 0.717) is 72.3 Å². The van der Waals surface area contributed by atoms with Gasteiger partial charge in [-0.2, -0.15) is 0 Å². The summed E-state index contributed by atoms with van der Waals surface area (Å²) in [6, 6.07) is 17.2. The second kappa shape index (κ2) is 15.7. The molecule has 342 valence electrons. The Morgan fingerprint density at radius 2 is 1.02 bits per heavy atom. The highest BCUT2D eigenvalue weighted by molar-refractivity contribution is 6.01. The average molecular weight is 890 g/mol. The van der Waals surface area contributed by atoms with Gasteiger partial charge in [0.2, 0.25) is 11.8 Å². The molecule has 4 bridgehead atoms. The molecule has 6 aliphatic rings. The molecule has 6 amide bonds. The van der Waals surface area contributed by atoms with Gasteiger partial charge in [-0.15, -0.1) is 0 Å². The molecule has 3 aromatic carbocycles. The number of nitrogens with zero attached hydrogens (tertiary/aromatic N) is 3. The van der Waals surface area contributed by atoms with Gasteiger partial charge in [-0.1, -0.05) is 76.2 Å². The summed E-state index contributed by atoms with van der Waals surface area (Å²) in [6.45, 7) is 13.4. The van der Waals surface area contributed by atoms with Crippen LogP contribution in [0.3, 0.4) is 0 Å². The second-order valence-electron chi connectivity index (χ2n) is 19.3. The Balaban J connectivity index is 1.42. The van der Waals surface area contributed by atoms with Gasteiger partial charge < -0.3 is 26.2 Å². The van der Waals surface area contributed by atoms with E-state index in [9.17, 15) is 29.4 Å². The van der Waals surface area contributed by atoms with Crippen molar-refractivity contribution in [1.29, 1.82) is 0 Å². The van der Waals surface area contributed by atoms with E-state index < -0.39 is 87.5 Å². The van der Waals surface area contributed by atoms with Crippen LogP contribution in [0.4, 0.5) is 14.0 Å². The summed E-state index contributed by atoms with van der Waals surface area (Å²) in [5.41, 5.74) is 12.5. The molecule has 15 nitrogen and oxygen atoms in total. The van der Waals surface area contributed by atoms with Crippen LogP contribution in [0, 0.1) is 37.4 Å². The number of carboxylic acid groups (broad SMARTS) is 2. The van der Waals surface area contributed by atoms with E-state index >= 15 is 14.0 Å². The summed E-state index contributed by atoms with van der Waals surface area (Å²) in [5, 5.41) is 24.6. The highest BCUT2D eigenvalue weighted by Crippen LogP contribution is 2.62. The lowest BCUT2D eigenvalue weighted by molar-refractivity contribution is -0.150. The van der Waals surface area contributed by atoms with Crippen molar-refractivity contribution in [2.24, 2.45) is 22.3 Å². The SMILES string of the molecule is Cc1cc(F)ccc1-n1c(C2CCCN2[C@]2(C(=O)NC(=O)O)c3ccc(cc3)C(C(N)=O)C2(C)C)c(C)c(C)c1C1CCCN1[C@]1(C(=O)NC(=O)O)c2ccc(cc2)C(C(N)=O)C1(C)C. The maximum Gasteiger partial charge on any atom is 0.411 e. The number of aromatic nitrogens is 1. The summed E-state index contributed by atoms with van der Waals surface area (Å²) < 4.78 is 17.2. The standard InChI is InChI=1S/C49H56FN7O8/c1-25-24-32(50)20-21-33(25)57-38(34-10-8-22-55(34)48(42(60)53-44(62)63)30-16-12-28(13-17-30)36(40(51)58)46(48,4)5)26(2)27(3)39(57)35-11-9-23-56(35)49(43(61)54-45(64)65)31-18-14-29(15-19-31)37(41(52)59)47(49,6)7/h12-21,24,34-37H,8-11,22-23H2,1-7H3,(H2,51,58)(H2,52,59)(H,53,60)(H,54,61)(H,62,63)(H,64,65)/t34?,35?,36?,37?,48-,49-/m0/s1. The predicted octanol–water partition coefficient (Wildman–Crippen LogP) is 6.41. The normalized spacial score (nSPS) is 26.6. The molecule has 2 saturated heterocycles. The largest absolute Gasteiger partial charge is 0.465 e. The van der Waals surface area contributed by atoms with Crippen molar-refractivity contribution in [3.8, 4) is 5.69 Å². The number of fused-ring (bicyclic) bond motifs is 8. The minimum Gasteiger partial charge on any atom is -0.465 e. The first-order valence-corrected chi connectivity index (χ1v) is 22.0. The number of halogens is 1. The predicted molar refractivity (Wildman–Crippen MR) is 237 cm³/mol. The number of aryl methyl sites for hydroxylation is 1. The van der Waals surface area contributed by atoms with Gasteiger partial charge in [-0.25, -0.2) is 14.0 Å². The lowest BCUT2D eigenvalue weighted by Crippen LogP contribution is -2.66. The molecule has 1 aromatic heterocycles. The monoisotopic (exact) mass is 889 g/mol. The molecule has 2 aliphatic heterocycles. The van der Waals surface area contributed by atoms with E-state index in [1.54, 1.807) is 89.2 Å². The molecule has 8 N–H and O–H groups in total. The Bertz CT molecular complexity index is 2520. The molecule has 16 heteroatoms. The number of rotatable bonds is 9. The van der Waals surface area contributed by atoms with E-state index in [0.717, 1.165) is 22.5 Å². The lowest BCUT2D eigenvalue weighted by Gasteiger charge is -2.54. The molecule has 10 rings (SSSR count).